The van der Waals surface area contributed by atoms with E-state index in [2.05, 4.69) is 30.5 Å². The molecule has 0 aromatic rings. The van der Waals surface area contributed by atoms with Crippen LogP contribution in [0.25, 0.3) is 0 Å². The van der Waals surface area contributed by atoms with Crippen molar-refractivity contribution >= 4 is 17.7 Å². The van der Waals surface area contributed by atoms with Crippen molar-refractivity contribution in [2.24, 2.45) is 17.8 Å². The van der Waals surface area contributed by atoms with E-state index < -0.39 is 5.97 Å². The summed E-state index contributed by atoms with van der Waals surface area (Å²) >= 11 is 2.21. The highest BCUT2D eigenvalue weighted by molar-refractivity contribution is 7.99. The maximum absolute atomic E-state index is 10.5. The van der Waals surface area contributed by atoms with Crippen LogP contribution in [0.2, 0.25) is 0 Å². The van der Waals surface area contributed by atoms with E-state index in [-0.39, 0.29) is 0 Å². The maximum Gasteiger partial charge on any atom is 0.303 e. The normalized spacial score (nSPS) is 30.2. The standard InChI is InChI=1S/C19H30O2S/c1-2-3-8-13-22-19-16-12-11-15(14-16)17(19)9-6-4-5-7-10-18(20)21/h2,4,6,15-17,19H,1,3,5,7-14H2,(H,20,21)/b6-4-/t15-,16+,17-,19-/m1/s1. The van der Waals surface area contributed by atoms with Gasteiger partial charge in [0.1, 0.15) is 0 Å². The van der Waals surface area contributed by atoms with Crippen LogP contribution in [0.15, 0.2) is 24.8 Å². The molecule has 2 bridgehead atoms. The average molecular weight is 323 g/mol. The minimum Gasteiger partial charge on any atom is -0.481 e. The molecular weight excluding hydrogens is 292 g/mol. The van der Waals surface area contributed by atoms with Crippen LogP contribution >= 0.6 is 11.8 Å². The molecule has 2 aliphatic carbocycles. The topological polar surface area (TPSA) is 37.3 Å². The Hall–Kier alpha value is -0.700. The largest absolute Gasteiger partial charge is 0.481 e. The lowest BCUT2D eigenvalue weighted by molar-refractivity contribution is -0.137. The van der Waals surface area contributed by atoms with Gasteiger partial charge in [0, 0.05) is 11.7 Å². The van der Waals surface area contributed by atoms with Gasteiger partial charge in [-0.15, -0.1) is 6.58 Å². The number of allylic oxidation sites excluding steroid dienone is 3. The van der Waals surface area contributed by atoms with Gasteiger partial charge in [-0.25, -0.2) is 0 Å². The molecule has 2 rings (SSSR count). The third-order valence-corrected chi connectivity index (χ3v) is 6.85. The fourth-order valence-corrected chi connectivity index (χ4v) is 5.84. The molecule has 0 amide bonds. The number of rotatable bonds is 11. The molecule has 1 N–H and O–H groups in total. The highest BCUT2D eigenvalue weighted by Crippen LogP contribution is 2.54. The number of unbranched alkanes of at least 4 members (excludes halogenated alkanes) is 2. The minimum absolute atomic E-state index is 0.292. The van der Waals surface area contributed by atoms with E-state index in [9.17, 15) is 4.79 Å². The molecule has 0 aromatic heterocycles. The molecule has 0 unspecified atom stereocenters. The van der Waals surface area contributed by atoms with Crippen LogP contribution in [0, 0.1) is 17.8 Å². The zero-order valence-electron chi connectivity index (χ0n) is 13.6. The summed E-state index contributed by atoms with van der Waals surface area (Å²) in [6.45, 7) is 3.80. The van der Waals surface area contributed by atoms with Crippen LogP contribution < -0.4 is 0 Å². The predicted molar refractivity (Wildman–Crippen MR) is 95.2 cm³/mol. The molecule has 4 atom stereocenters. The van der Waals surface area contributed by atoms with Crippen LogP contribution in [0.5, 0.6) is 0 Å². The minimum atomic E-state index is -0.683. The van der Waals surface area contributed by atoms with Crippen molar-refractivity contribution in [3.8, 4) is 0 Å². The zero-order valence-corrected chi connectivity index (χ0v) is 14.4. The fourth-order valence-electron chi connectivity index (χ4n) is 4.13. The first-order chi connectivity index (χ1) is 10.7. The summed E-state index contributed by atoms with van der Waals surface area (Å²) in [6, 6.07) is 0. The van der Waals surface area contributed by atoms with Gasteiger partial charge in [-0.1, -0.05) is 18.2 Å². The second-order valence-corrected chi connectivity index (χ2v) is 8.04. The van der Waals surface area contributed by atoms with E-state index >= 15 is 0 Å². The van der Waals surface area contributed by atoms with Crippen molar-refractivity contribution in [2.45, 2.75) is 63.0 Å². The van der Waals surface area contributed by atoms with E-state index in [1.807, 2.05) is 6.08 Å². The molecule has 3 heteroatoms. The number of hydrogen-bond acceptors (Lipinski definition) is 2. The molecule has 0 spiro atoms. The Bertz CT molecular complexity index is 391. The van der Waals surface area contributed by atoms with Crippen LogP contribution in [-0.2, 0) is 4.79 Å². The summed E-state index contributed by atoms with van der Waals surface area (Å²) < 4.78 is 0. The van der Waals surface area contributed by atoms with Crippen molar-refractivity contribution in [1.82, 2.24) is 0 Å². The number of carboxylic acid groups (broad SMARTS) is 1. The summed E-state index contributed by atoms with van der Waals surface area (Å²) in [7, 11) is 0. The predicted octanol–water partition coefficient (Wildman–Crippen LogP) is 5.30. The molecule has 22 heavy (non-hydrogen) atoms. The van der Waals surface area contributed by atoms with Gasteiger partial charge in [-0.05, 0) is 74.9 Å². The van der Waals surface area contributed by atoms with Gasteiger partial charge in [0.05, 0.1) is 0 Å². The van der Waals surface area contributed by atoms with Gasteiger partial charge in [0.15, 0.2) is 0 Å². The van der Waals surface area contributed by atoms with Crippen LogP contribution in [0.4, 0.5) is 0 Å². The van der Waals surface area contributed by atoms with Gasteiger partial charge < -0.3 is 5.11 Å². The fraction of sp³-hybridized carbons (Fsp3) is 0.737. The number of carbonyl (C=O) groups is 1. The van der Waals surface area contributed by atoms with Crippen LogP contribution in [0.1, 0.15) is 57.8 Å². The van der Waals surface area contributed by atoms with E-state index in [0.717, 1.165) is 42.3 Å². The van der Waals surface area contributed by atoms with Gasteiger partial charge in [-0.3, -0.25) is 4.79 Å². The smallest absolute Gasteiger partial charge is 0.303 e. The molecule has 2 aliphatic rings. The molecule has 0 radical (unpaired) electrons. The molecular formula is C19H30O2S. The zero-order chi connectivity index (χ0) is 15.8. The van der Waals surface area contributed by atoms with Crippen molar-refractivity contribution in [3.63, 3.8) is 0 Å². The summed E-state index contributed by atoms with van der Waals surface area (Å²) in [5.74, 6) is 3.37. The van der Waals surface area contributed by atoms with Gasteiger partial charge in [0.25, 0.3) is 0 Å². The summed E-state index contributed by atoms with van der Waals surface area (Å²) in [4.78, 5) is 10.5. The first-order valence-corrected chi connectivity index (χ1v) is 9.86. The number of fused-ring (bicyclic) bond motifs is 2. The van der Waals surface area contributed by atoms with E-state index in [4.69, 9.17) is 5.11 Å². The maximum atomic E-state index is 10.5. The summed E-state index contributed by atoms with van der Waals surface area (Å²) in [5, 5.41) is 9.50. The Morgan fingerprint density at radius 1 is 1.18 bits per heavy atom. The van der Waals surface area contributed by atoms with Crippen molar-refractivity contribution in [2.75, 3.05) is 5.75 Å². The Morgan fingerprint density at radius 2 is 2.00 bits per heavy atom. The average Bonchev–Trinajstić information content (AvgIpc) is 3.08. The van der Waals surface area contributed by atoms with Crippen LogP contribution in [0.3, 0.4) is 0 Å². The lowest BCUT2D eigenvalue weighted by atomic mass is 9.86. The molecule has 2 nitrogen and oxygen atoms in total. The monoisotopic (exact) mass is 322 g/mol. The molecule has 2 saturated carbocycles. The number of hydrogen-bond donors (Lipinski definition) is 1. The molecule has 0 heterocycles. The lowest BCUT2D eigenvalue weighted by Gasteiger charge is -2.30. The lowest BCUT2D eigenvalue weighted by Crippen LogP contribution is -2.24. The second-order valence-electron chi connectivity index (χ2n) is 6.76. The second kappa shape index (κ2) is 9.44. The Labute approximate surface area is 139 Å². The molecule has 0 aromatic carbocycles. The van der Waals surface area contributed by atoms with Crippen molar-refractivity contribution in [3.05, 3.63) is 24.8 Å². The van der Waals surface area contributed by atoms with E-state index in [0.29, 0.717) is 6.42 Å². The van der Waals surface area contributed by atoms with Crippen molar-refractivity contribution < 1.29 is 9.90 Å². The number of aliphatic carboxylic acids is 1. The Morgan fingerprint density at radius 3 is 2.77 bits per heavy atom. The molecule has 0 aliphatic heterocycles. The SMILES string of the molecule is C=CCCCS[C@@H]1[C@H]2CC[C@H](C2)[C@H]1C/C=C\CCCC(=O)O. The molecule has 0 saturated heterocycles. The third-order valence-electron chi connectivity index (χ3n) is 5.21. The van der Waals surface area contributed by atoms with E-state index in [1.165, 1.54) is 37.9 Å². The number of carboxylic acids is 1. The highest BCUT2D eigenvalue weighted by atomic mass is 32.2. The van der Waals surface area contributed by atoms with E-state index in [1.54, 1.807) is 0 Å². The van der Waals surface area contributed by atoms with Gasteiger partial charge in [-0.2, -0.15) is 11.8 Å². The highest BCUT2D eigenvalue weighted by Gasteiger charge is 2.46. The van der Waals surface area contributed by atoms with Gasteiger partial charge in [0.2, 0.25) is 0 Å². The third kappa shape index (κ3) is 5.19. The van der Waals surface area contributed by atoms with Gasteiger partial charge >= 0.3 is 5.97 Å². The Kier molecular flexibility index (Phi) is 7.57. The first-order valence-electron chi connectivity index (χ1n) is 8.81. The summed E-state index contributed by atoms with van der Waals surface area (Å²) in [6.07, 6.45) is 16.5. The quantitative estimate of drug-likeness (QED) is 0.414. The van der Waals surface area contributed by atoms with Crippen LogP contribution in [-0.4, -0.2) is 22.1 Å². The Balaban J connectivity index is 1.71. The molecule has 2 fully saturated rings. The summed E-state index contributed by atoms with van der Waals surface area (Å²) in [5.41, 5.74) is 0. The van der Waals surface area contributed by atoms with Crippen molar-refractivity contribution in [1.29, 1.82) is 0 Å². The molecule has 124 valence electrons. The number of thioether (sulfide) groups is 1. The first kappa shape index (κ1) is 17.7.